The number of nitrogens with one attached hydrogen (secondary N) is 2. The molecule has 0 aliphatic heterocycles. The summed E-state index contributed by atoms with van der Waals surface area (Å²) in [6, 6.07) is 63.8. The minimum atomic E-state index is 0.953. The summed E-state index contributed by atoms with van der Waals surface area (Å²) in [7, 11) is 0. The second-order valence-corrected chi connectivity index (χ2v) is 12.1. The Balaban J connectivity index is 1.14. The van der Waals surface area contributed by atoms with Gasteiger partial charge in [0, 0.05) is 28.8 Å². The van der Waals surface area contributed by atoms with E-state index in [0.717, 1.165) is 50.5 Å². The van der Waals surface area contributed by atoms with Crippen molar-refractivity contribution < 1.29 is 0 Å². The van der Waals surface area contributed by atoms with Gasteiger partial charge in [-0.05, 0) is 105 Å². The Morgan fingerprint density at radius 3 is 1.66 bits per heavy atom. The number of rotatable bonds is 11. The molecule has 0 amide bonds. The number of benzene rings is 7. The lowest BCUT2D eigenvalue weighted by Crippen LogP contribution is -1.95. The van der Waals surface area contributed by atoms with Gasteiger partial charge in [0.1, 0.15) is 0 Å². The predicted octanol–water partition coefficient (Wildman–Crippen LogP) is 13.3. The van der Waals surface area contributed by atoms with Gasteiger partial charge in [-0.15, -0.1) is 0 Å². The fraction of sp³-hybridized carbons (Fsp3) is 0. The fourth-order valence-corrected chi connectivity index (χ4v) is 6.06. The second kappa shape index (κ2) is 15.5. The van der Waals surface area contributed by atoms with Crippen LogP contribution in [0.1, 0.15) is 5.56 Å². The predicted molar refractivity (Wildman–Crippen MR) is 215 cm³/mol. The van der Waals surface area contributed by atoms with Gasteiger partial charge in [-0.3, -0.25) is 0 Å². The molecule has 0 heterocycles. The van der Waals surface area contributed by atoms with E-state index < -0.39 is 0 Å². The van der Waals surface area contributed by atoms with Crippen molar-refractivity contribution in [3.05, 3.63) is 219 Å². The molecule has 0 unspecified atom stereocenters. The molecule has 2 N–H and O–H groups in total. The molecule has 0 aliphatic rings. The quantitative estimate of drug-likeness (QED) is 0.137. The van der Waals surface area contributed by atoms with Gasteiger partial charge in [-0.1, -0.05) is 152 Å². The first-order chi connectivity index (χ1) is 24.7. The zero-order valence-electron chi connectivity index (χ0n) is 27.8. The van der Waals surface area contributed by atoms with Crippen molar-refractivity contribution in [3.8, 4) is 44.5 Å². The van der Waals surface area contributed by atoms with E-state index in [1.165, 1.54) is 22.3 Å². The molecule has 0 saturated heterocycles. The monoisotopic (exact) mass is 642 g/mol. The Bertz CT molecular complexity index is 2210. The first-order valence-electron chi connectivity index (χ1n) is 16.9. The minimum absolute atomic E-state index is 0.953. The largest absolute Gasteiger partial charge is 0.362 e. The molecule has 2 heteroatoms. The summed E-state index contributed by atoms with van der Waals surface area (Å²) in [5, 5.41) is 7.06. The van der Waals surface area contributed by atoms with Crippen LogP contribution in [0.3, 0.4) is 0 Å². The Morgan fingerprint density at radius 2 is 0.960 bits per heavy atom. The smallest absolute Gasteiger partial charge is 0.0463 e. The molecular weight excluding hydrogens is 605 g/mol. The Labute approximate surface area is 295 Å². The molecule has 50 heavy (non-hydrogen) atoms. The molecule has 0 aliphatic carbocycles. The molecule has 0 atom stereocenters. The standard InChI is InChI=1S/C48H38N2/c1-36(17-13-14-30-49-45-26-9-4-10-27-45)39-22-15-23-40(31-39)41-24-16-25-42(32-41)47-28-11-12-29-48(47)50-46-34-43(37-18-5-2-6-19-37)33-44(35-46)38-20-7-3-8-21-38/h2-35,49-50H,1H2/b17-13-,30-14-. The van der Waals surface area contributed by atoms with Crippen molar-refractivity contribution in [2.24, 2.45) is 0 Å². The average molecular weight is 643 g/mol. The van der Waals surface area contributed by atoms with Crippen LogP contribution in [0.2, 0.25) is 0 Å². The number of hydrogen-bond donors (Lipinski definition) is 2. The number of anilines is 3. The third-order valence-electron chi connectivity index (χ3n) is 8.62. The van der Waals surface area contributed by atoms with Crippen molar-refractivity contribution >= 4 is 22.6 Å². The van der Waals surface area contributed by atoms with Crippen LogP contribution in [0.5, 0.6) is 0 Å². The lowest BCUT2D eigenvalue weighted by atomic mass is 9.95. The summed E-state index contributed by atoms with van der Waals surface area (Å²) in [5.74, 6) is 0. The summed E-state index contributed by atoms with van der Waals surface area (Å²) in [6.07, 6.45) is 7.96. The van der Waals surface area contributed by atoms with Gasteiger partial charge in [0.2, 0.25) is 0 Å². The SMILES string of the molecule is C=C(/C=C\C=C/Nc1ccccc1)c1cccc(-c2cccc(-c3ccccc3Nc3cc(-c4ccccc4)cc(-c4ccccc4)c3)c2)c1. The van der Waals surface area contributed by atoms with E-state index in [0.29, 0.717) is 0 Å². The maximum absolute atomic E-state index is 4.33. The van der Waals surface area contributed by atoms with E-state index in [-0.39, 0.29) is 0 Å². The fourth-order valence-electron chi connectivity index (χ4n) is 6.06. The molecule has 2 nitrogen and oxygen atoms in total. The first kappa shape index (κ1) is 31.9. The lowest BCUT2D eigenvalue weighted by Gasteiger charge is -2.16. The lowest BCUT2D eigenvalue weighted by molar-refractivity contribution is 1.51. The van der Waals surface area contributed by atoms with Gasteiger partial charge in [0.15, 0.2) is 0 Å². The minimum Gasteiger partial charge on any atom is -0.362 e. The first-order valence-corrected chi connectivity index (χ1v) is 16.9. The zero-order valence-corrected chi connectivity index (χ0v) is 27.8. The van der Waals surface area contributed by atoms with Crippen LogP contribution in [0.15, 0.2) is 213 Å². The van der Waals surface area contributed by atoms with Gasteiger partial charge in [0.25, 0.3) is 0 Å². The van der Waals surface area contributed by atoms with E-state index in [2.05, 4.69) is 169 Å². The van der Waals surface area contributed by atoms with Gasteiger partial charge in [-0.2, -0.15) is 0 Å². The highest BCUT2D eigenvalue weighted by Gasteiger charge is 2.10. The highest BCUT2D eigenvalue weighted by molar-refractivity contribution is 5.86. The zero-order chi connectivity index (χ0) is 34.0. The molecular formula is C48H38N2. The van der Waals surface area contributed by atoms with Crippen molar-refractivity contribution in [3.63, 3.8) is 0 Å². The molecule has 7 rings (SSSR count). The van der Waals surface area contributed by atoms with E-state index >= 15 is 0 Å². The van der Waals surface area contributed by atoms with Crippen molar-refractivity contribution in [2.45, 2.75) is 0 Å². The van der Waals surface area contributed by atoms with Crippen LogP contribution in [-0.2, 0) is 0 Å². The van der Waals surface area contributed by atoms with Crippen LogP contribution in [-0.4, -0.2) is 0 Å². The summed E-state index contributed by atoms with van der Waals surface area (Å²) in [5.41, 5.74) is 14.5. The van der Waals surface area contributed by atoms with Crippen molar-refractivity contribution in [2.75, 3.05) is 10.6 Å². The highest BCUT2D eigenvalue weighted by atomic mass is 14.9. The van der Waals surface area contributed by atoms with Crippen LogP contribution in [0, 0.1) is 0 Å². The third kappa shape index (κ3) is 7.90. The van der Waals surface area contributed by atoms with Gasteiger partial charge in [-0.25, -0.2) is 0 Å². The van der Waals surface area contributed by atoms with Crippen LogP contribution >= 0.6 is 0 Å². The maximum Gasteiger partial charge on any atom is 0.0463 e. The molecule has 7 aromatic carbocycles. The number of para-hydroxylation sites is 2. The Hall–Kier alpha value is -6.64. The van der Waals surface area contributed by atoms with Gasteiger partial charge < -0.3 is 10.6 Å². The van der Waals surface area contributed by atoms with Crippen molar-refractivity contribution in [1.82, 2.24) is 0 Å². The number of allylic oxidation sites excluding steroid dienone is 4. The topological polar surface area (TPSA) is 24.1 Å². The summed E-state index contributed by atoms with van der Waals surface area (Å²) in [4.78, 5) is 0. The normalized spacial score (nSPS) is 11.1. The highest BCUT2D eigenvalue weighted by Crippen LogP contribution is 2.36. The molecule has 0 aromatic heterocycles. The van der Waals surface area contributed by atoms with E-state index in [1.807, 2.05) is 54.8 Å². The molecule has 7 aromatic rings. The summed E-state index contributed by atoms with van der Waals surface area (Å²) >= 11 is 0. The molecule has 0 radical (unpaired) electrons. The van der Waals surface area contributed by atoms with Gasteiger partial charge >= 0.3 is 0 Å². The van der Waals surface area contributed by atoms with Crippen LogP contribution in [0.4, 0.5) is 17.1 Å². The van der Waals surface area contributed by atoms with Gasteiger partial charge in [0.05, 0.1) is 0 Å². The molecule has 0 bridgehead atoms. The van der Waals surface area contributed by atoms with E-state index in [4.69, 9.17) is 0 Å². The molecule has 0 fully saturated rings. The molecule has 0 spiro atoms. The number of hydrogen-bond acceptors (Lipinski definition) is 2. The maximum atomic E-state index is 4.33. The summed E-state index contributed by atoms with van der Waals surface area (Å²) < 4.78 is 0. The second-order valence-electron chi connectivity index (χ2n) is 12.1. The van der Waals surface area contributed by atoms with E-state index in [9.17, 15) is 0 Å². The molecule has 240 valence electrons. The van der Waals surface area contributed by atoms with Crippen LogP contribution < -0.4 is 10.6 Å². The van der Waals surface area contributed by atoms with Crippen molar-refractivity contribution in [1.29, 1.82) is 0 Å². The third-order valence-corrected chi connectivity index (χ3v) is 8.62. The molecule has 0 saturated carbocycles. The van der Waals surface area contributed by atoms with Crippen LogP contribution in [0.25, 0.3) is 50.1 Å². The summed E-state index contributed by atoms with van der Waals surface area (Å²) in [6.45, 7) is 4.33. The van der Waals surface area contributed by atoms with E-state index in [1.54, 1.807) is 0 Å². The Morgan fingerprint density at radius 1 is 0.420 bits per heavy atom. The average Bonchev–Trinajstić information content (AvgIpc) is 3.19. The Kier molecular flexibility index (Phi) is 9.90.